The summed E-state index contributed by atoms with van der Waals surface area (Å²) in [5.41, 5.74) is 0.195. The summed E-state index contributed by atoms with van der Waals surface area (Å²) < 4.78 is 0.866. The first-order valence-electron chi connectivity index (χ1n) is 5.59. The highest BCUT2D eigenvalue weighted by atomic mass is 79.9. The molecule has 0 saturated carbocycles. The van der Waals surface area contributed by atoms with Crippen LogP contribution in [0.1, 0.15) is 10.4 Å². The smallest absolute Gasteiger partial charge is 0.290 e. The van der Waals surface area contributed by atoms with Crippen molar-refractivity contribution in [2.45, 2.75) is 0 Å². The molecule has 0 aromatic heterocycles. The largest absolute Gasteiger partial charge is 0.322 e. The summed E-state index contributed by atoms with van der Waals surface area (Å²) in [6.45, 7) is 0. The number of hydrogen-bond acceptors (Lipinski definition) is 3. The minimum atomic E-state index is -0.690. The molecule has 0 heterocycles. The molecule has 0 unspecified atom stereocenters. The summed E-state index contributed by atoms with van der Waals surface area (Å²) in [6.07, 6.45) is 0. The van der Waals surface area contributed by atoms with Crippen molar-refractivity contribution < 1.29 is 9.72 Å². The molecule has 2 aromatic rings. The number of nitrogens with one attached hydrogen (secondary N) is 1. The standard InChI is InChI=1S/C13H7BrCl2N2O3/c14-8-1-3-9(4-2-8)17-13(19)7-5-10(15)12(16)11(6-7)18(20)21/h1-6H,(H,17,19). The predicted molar refractivity (Wildman–Crippen MR) is 85.2 cm³/mol. The van der Waals surface area contributed by atoms with Gasteiger partial charge in [0.1, 0.15) is 5.02 Å². The van der Waals surface area contributed by atoms with Gasteiger partial charge in [-0.3, -0.25) is 14.9 Å². The molecule has 0 aliphatic heterocycles. The van der Waals surface area contributed by atoms with Crippen molar-refractivity contribution in [3.63, 3.8) is 0 Å². The van der Waals surface area contributed by atoms with Gasteiger partial charge in [-0.25, -0.2) is 0 Å². The number of nitro benzene ring substituents is 1. The lowest BCUT2D eigenvalue weighted by Crippen LogP contribution is -2.12. The van der Waals surface area contributed by atoms with Crippen molar-refractivity contribution in [2.75, 3.05) is 5.32 Å². The fraction of sp³-hybridized carbons (Fsp3) is 0. The Morgan fingerprint density at radius 2 is 1.81 bits per heavy atom. The topological polar surface area (TPSA) is 72.2 Å². The van der Waals surface area contributed by atoms with Gasteiger partial charge in [-0.05, 0) is 30.3 Å². The second-order valence-electron chi connectivity index (χ2n) is 4.01. The van der Waals surface area contributed by atoms with Crippen molar-refractivity contribution in [2.24, 2.45) is 0 Å². The minimum absolute atomic E-state index is 0.0492. The van der Waals surface area contributed by atoms with E-state index >= 15 is 0 Å². The van der Waals surface area contributed by atoms with Crippen LogP contribution >= 0.6 is 39.1 Å². The van der Waals surface area contributed by atoms with E-state index in [-0.39, 0.29) is 15.6 Å². The summed E-state index contributed by atoms with van der Waals surface area (Å²) >= 11 is 14.8. The van der Waals surface area contributed by atoms with Gasteiger partial charge >= 0.3 is 0 Å². The number of nitrogens with zero attached hydrogens (tertiary/aromatic N) is 1. The summed E-state index contributed by atoms with van der Waals surface area (Å²) in [5.74, 6) is -0.515. The van der Waals surface area contributed by atoms with E-state index in [0.29, 0.717) is 5.69 Å². The highest BCUT2D eigenvalue weighted by molar-refractivity contribution is 9.10. The molecular formula is C13H7BrCl2N2O3. The summed E-state index contributed by atoms with van der Waals surface area (Å²) in [5, 5.41) is 13.2. The molecule has 0 saturated heterocycles. The van der Waals surface area contributed by atoms with E-state index in [4.69, 9.17) is 23.2 Å². The van der Waals surface area contributed by atoms with Crippen LogP contribution in [-0.4, -0.2) is 10.8 Å². The lowest BCUT2D eigenvalue weighted by atomic mass is 10.2. The van der Waals surface area contributed by atoms with Gasteiger partial charge in [0.05, 0.1) is 9.95 Å². The van der Waals surface area contributed by atoms with Gasteiger partial charge in [-0.2, -0.15) is 0 Å². The van der Waals surface area contributed by atoms with Crippen molar-refractivity contribution in [3.8, 4) is 0 Å². The number of carbonyl (C=O) groups is 1. The van der Waals surface area contributed by atoms with Crippen LogP contribution in [0.2, 0.25) is 10.0 Å². The first-order chi connectivity index (χ1) is 9.88. The van der Waals surface area contributed by atoms with E-state index in [1.807, 2.05) is 0 Å². The number of anilines is 1. The van der Waals surface area contributed by atoms with Gasteiger partial charge in [-0.1, -0.05) is 39.1 Å². The van der Waals surface area contributed by atoms with E-state index in [1.165, 1.54) is 6.07 Å². The van der Waals surface area contributed by atoms with Crippen LogP contribution in [0.5, 0.6) is 0 Å². The predicted octanol–water partition coefficient (Wildman–Crippen LogP) is 4.92. The number of amides is 1. The average Bonchev–Trinajstić information content (AvgIpc) is 2.43. The fourth-order valence-corrected chi connectivity index (χ4v) is 2.23. The normalized spacial score (nSPS) is 10.2. The minimum Gasteiger partial charge on any atom is -0.322 e. The number of halogens is 3. The highest BCUT2D eigenvalue weighted by Gasteiger charge is 2.20. The van der Waals surface area contributed by atoms with Crippen LogP contribution in [0.25, 0.3) is 0 Å². The van der Waals surface area contributed by atoms with Crippen LogP contribution in [-0.2, 0) is 0 Å². The zero-order valence-electron chi connectivity index (χ0n) is 10.3. The Morgan fingerprint density at radius 3 is 2.38 bits per heavy atom. The maximum absolute atomic E-state index is 12.1. The van der Waals surface area contributed by atoms with E-state index < -0.39 is 16.5 Å². The third-order valence-corrected chi connectivity index (χ3v) is 3.89. The van der Waals surface area contributed by atoms with Crippen LogP contribution in [0, 0.1) is 10.1 Å². The van der Waals surface area contributed by atoms with Gasteiger partial charge < -0.3 is 5.32 Å². The van der Waals surface area contributed by atoms with Crippen LogP contribution in [0.3, 0.4) is 0 Å². The zero-order valence-corrected chi connectivity index (χ0v) is 13.4. The van der Waals surface area contributed by atoms with Crippen LogP contribution in [0.15, 0.2) is 40.9 Å². The van der Waals surface area contributed by atoms with Gasteiger partial charge in [0.2, 0.25) is 0 Å². The monoisotopic (exact) mass is 388 g/mol. The maximum Gasteiger partial charge on any atom is 0.290 e. The quantitative estimate of drug-likeness (QED) is 0.598. The second kappa shape index (κ2) is 6.43. The molecule has 0 spiro atoms. The lowest BCUT2D eigenvalue weighted by Gasteiger charge is -2.07. The maximum atomic E-state index is 12.1. The molecule has 1 amide bonds. The molecule has 0 bridgehead atoms. The number of hydrogen-bond donors (Lipinski definition) is 1. The second-order valence-corrected chi connectivity index (χ2v) is 5.71. The molecule has 108 valence electrons. The van der Waals surface area contributed by atoms with Crippen molar-refractivity contribution in [1.82, 2.24) is 0 Å². The van der Waals surface area contributed by atoms with Crippen LogP contribution < -0.4 is 5.32 Å². The Labute approximate surface area is 138 Å². The van der Waals surface area contributed by atoms with E-state index in [0.717, 1.165) is 10.5 Å². The van der Waals surface area contributed by atoms with Gasteiger partial charge in [0.25, 0.3) is 11.6 Å². The molecule has 0 radical (unpaired) electrons. The molecule has 2 aromatic carbocycles. The Balaban J connectivity index is 2.31. The summed E-state index contributed by atoms with van der Waals surface area (Å²) in [4.78, 5) is 22.3. The third kappa shape index (κ3) is 3.72. The molecule has 0 atom stereocenters. The van der Waals surface area contributed by atoms with Crippen LogP contribution in [0.4, 0.5) is 11.4 Å². The van der Waals surface area contributed by atoms with Gasteiger partial charge in [0, 0.05) is 21.8 Å². The van der Waals surface area contributed by atoms with E-state index in [1.54, 1.807) is 24.3 Å². The zero-order chi connectivity index (χ0) is 15.6. The first kappa shape index (κ1) is 15.8. The Bertz CT molecular complexity index is 720. The molecular weight excluding hydrogens is 383 g/mol. The number of rotatable bonds is 3. The SMILES string of the molecule is O=C(Nc1ccc(Br)cc1)c1cc(Cl)c(Cl)c([N+](=O)[O-])c1. The Morgan fingerprint density at radius 1 is 1.19 bits per heavy atom. The fourth-order valence-electron chi connectivity index (χ4n) is 1.57. The first-order valence-corrected chi connectivity index (χ1v) is 7.13. The molecule has 1 N–H and O–H groups in total. The molecule has 0 aliphatic carbocycles. The van der Waals surface area contributed by atoms with Gasteiger partial charge in [0.15, 0.2) is 0 Å². The third-order valence-electron chi connectivity index (χ3n) is 2.57. The highest BCUT2D eigenvalue weighted by Crippen LogP contribution is 2.33. The van der Waals surface area contributed by atoms with Crippen molar-refractivity contribution >= 4 is 56.4 Å². The number of nitro groups is 1. The molecule has 0 aliphatic rings. The molecule has 2 rings (SSSR count). The number of benzene rings is 2. The Kier molecular flexibility index (Phi) is 4.82. The molecule has 5 nitrogen and oxygen atoms in total. The van der Waals surface area contributed by atoms with Crippen molar-refractivity contribution in [3.05, 3.63) is 66.6 Å². The Hall–Kier alpha value is -1.63. The van der Waals surface area contributed by atoms with Gasteiger partial charge in [-0.15, -0.1) is 0 Å². The van der Waals surface area contributed by atoms with Crippen molar-refractivity contribution in [1.29, 1.82) is 0 Å². The summed E-state index contributed by atoms with van der Waals surface area (Å²) in [7, 11) is 0. The average molecular weight is 390 g/mol. The lowest BCUT2D eigenvalue weighted by molar-refractivity contribution is -0.384. The van der Waals surface area contributed by atoms with E-state index in [9.17, 15) is 14.9 Å². The summed E-state index contributed by atoms with van der Waals surface area (Å²) in [6, 6.07) is 9.26. The van der Waals surface area contributed by atoms with E-state index in [2.05, 4.69) is 21.2 Å². The molecule has 8 heteroatoms. The molecule has 0 fully saturated rings. The molecule has 21 heavy (non-hydrogen) atoms. The number of carbonyl (C=O) groups excluding carboxylic acids is 1.